The maximum absolute atomic E-state index is 12.5. The van der Waals surface area contributed by atoms with Crippen LogP contribution in [-0.2, 0) is 0 Å². The number of rotatable bonds is 2. The molecule has 0 amide bonds. The molecule has 74 valence electrons. The summed E-state index contributed by atoms with van der Waals surface area (Å²) in [7, 11) is 1.24. The minimum atomic E-state index is -2.66. The van der Waals surface area contributed by atoms with Crippen molar-refractivity contribution in [2.75, 3.05) is 7.11 Å². The summed E-state index contributed by atoms with van der Waals surface area (Å²) in [4.78, 5) is 3.62. The van der Waals surface area contributed by atoms with Crippen molar-refractivity contribution in [3.63, 3.8) is 0 Å². The van der Waals surface area contributed by atoms with E-state index in [4.69, 9.17) is 5.26 Å². The largest absolute Gasteiger partial charge is 0.481 e. The van der Waals surface area contributed by atoms with E-state index in [1.807, 2.05) is 0 Å². The van der Waals surface area contributed by atoms with Crippen LogP contribution in [0.15, 0.2) is 6.07 Å². The van der Waals surface area contributed by atoms with Crippen LogP contribution >= 0.6 is 22.6 Å². The molecule has 3 nitrogen and oxygen atoms in total. The molecule has 0 fully saturated rings. The molecule has 1 aromatic heterocycles. The van der Waals surface area contributed by atoms with Gasteiger partial charge in [-0.1, -0.05) is 0 Å². The van der Waals surface area contributed by atoms with Gasteiger partial charge in [0.15, 0.2) is 0 Å². The molecule has 6 heteroatoms. The molecule has 0 aliphatic heterocycles. The molecule has 0 aromatic carbocycles. The summed E-state index contributed by atoms with van der Waals surface area (Å²) >= 11 is 1.72. The topological polar surface area (TPSA) is 45.9 Å². The maximum atomic E-state index is 12.5. The second-order valence-electron chi connectivity index (χ2n) is 2.32. The molecule has 0 saturated carbocycles. The van der Waals surface area contributed by atoms with Crippen LogP contribution in [0.4, 0.5) is 8.78 Å². The molecule has 1 heterocycles. The molecular weight excluding hydrogens is 305 g/mol. The summed E-state index contributed by atoms with van der Waals surface area (Å²) in [6.07, 6.45) is -2.66. The van der Waals surface area contributed by atoms with Crippen molar-refractivity contribution in [1.29, 1.82) is 5.26 Å². The van der Waals surface area contributed by atoms with Crippen LogP contribution in [0.25, 0.3) is 0 Å². The van der Waals surface area contributed by atoms with Gasteiger partial charge in [-0.2, -0.15) is 5.26 Å². The van der Waals surface area contributed by atoms with E-state index < -0.39 is 6.43 Å². The highest BCUT2D eigenvalue weighted by molar-refractivity contribution is 14.1. The van der Waals surface area contributed by atoms with Crippen LogP contribution in [0.5, 0.6) is 5.88 Å². The summed E-state index contributed by atoms with van der Waals surface area (Å²) in [5.41, 5.74) is -0.206. The normalized spacial score (nSPS) is 10.0. The molecule has 0 bridgehead atoms. The first-order chi connectivity index (χ1) is 6.60. The number of methoxy groups -OCH3 is 1. The van der Waals surface area contributed by atoms with E-state index in [9.17, 15) is 8.78 Å². The van der Waals surface area contributed by atoms with Crippen molar-refractivity contribution in [3.8, 4) is 11.9 Å². The second kappa shape index (κ2) is 4.50. The molecule has 0 aliphatic carbocycles. The second-order valence-corrected chi connectivity index (χ2v) is 3.49. The number of hydrogen-bond acceptors (Lipinski definition) is 3. The van der Waals surface area contributed by atoms with Crippen molar-refractivity contribution in [2.45, 2.75) is 6.43 Å². The highest BCUT2D eigenvalue weighted by Gasteiger charge is 2.20. The molecule has 0 atom stereocenters. The van der Waals surface area contributed by atoms with E-state index in [1.165, 1.54) is 13.2 Å². The Morgan fingerprint density at radius 1 is 1.64 bits per heavy atom. The number of alkyl halides is 2. The molecule has 0 aliphatic rings. The Balaban J connectivity index is 3.36. The Bertz CT molecular complexity index is 390. The van der Waals surface area contributed by atoms with Gasteiger partial charge in [-0.25, -0.2) is 13.8 Å². The number of nitrogens with zero attached hydrogens (tertiary/aromatic N) is 2. The van der Waals surface area contributed by atoms with Crippen LogP contribution in [0.2, 0.25) is 0 Å². The SMILES string of the molecule is COc1nc(C#N)cc(I)c1C(F)F. The standard InChI is InChI=1S/C8H5F2IN2O/c1-14-8-6(7(9)10)5(11)2-4(3-12)13-8/h2,7H,1H3. The lowest BCUT2D eigenvalue weighted by molar-refractivity contribution is 0.145. The Kier molecular flexibility index (Phi) is 3.57. The Hall–Kier alpha value is -0.970. The van der Waals surface area contributed by atoms with Crippen molar-refractivity contribution in [2.24, 2.45) is 0 Å². The zero-order valence-electron chi connectivity index (χ0n) is 7.09. The van der Waals surface area contributed by atoms with Crippen molar-refractivity contribution in [3.05, 3.63) is 20.9 Å². The molecule has 14 heavy (non-hydrogen) atoms. The molecule has 0 N–H and O–H groups in total. The van der Waals surface area contributed by atoms with Gasteiger partial charge < -0.3 is 4.74 Å². The third-order valence-corrected chi connectivity index (χ3v) is 2.39. The molecule has 0 unspecified atom stereocenters. The lowest BCUT2D eigenvalue weighted by atomic mass is 10.2. The number of ether oxygens (including phenoxy) is 1. The first-order valence-electron chi connectivity index (χ1n) is 3.52. The molecule has 0 saturated heterocycles. The number of hydrogen-bond donors (Lipinski definition) is 0. The average molecular weight is 310 g/mol. The quantitative estimate of drug-likeness (QED) is 0.789. The summed E-state index contributed by atoms with van der Waals surface area (Å²) in [5, 5.41) is 8.55. The fourth-order valence-corrected chi connectivity index (χ4v) is 1.67. The van der Waals surface area contributed by atoms with Crippen LogP contribution in [-0.4, -0.2) is 12.1 Å². The first kappa shape index (κ1) is 11.1. The maximum Gasteiger partial charge on any atom is 0.270 e. The summed E-state index contributed by atoms with van der Waals surface area (Å²) < 4.78 is 30.0. The third-order valence-electron chi connectivity index (χ3n) is 1.50. The van der Waals surface area contributed by atoms with E-state index in [0.29, 0.717) is 0 Å². The van der Waals surface area contributed by atoms with Gasteiger partial charge >= 0.3 is 0 Å². The zero-order valence-corrected chi connectivity index (χ0v) is 9.25. The van der Waals surface area contributed by atoms with Gasteiger partial charge in [-0.05, 0) is 28.7 Å². The van der Waals surface area contributed by atoms with Crippen LogP contribution in [0, 0.1) is 14.9 Å². The Morgan fingerprint density at radius 2 is 2.29 bits per heavy atom. The van der Waals surface area contributed by atoms with Gasteiger partial charge in [0.2, 0.25) is 5.88 Å². The van der Waals surface area contributed by atoms with Crippen LogP contribution in [0.3, 0.4) is 0 Å². The van der Waals surface area contributed by atoms with Crippen molar-refractivity contribution in [1.82, 2.24) is 4.98 Å². The fourth-order valence-electron chi connectivity index (χ4n) is 0.912. The molecular formula is C8H5F2IN2O. The van der Waals surface area contributed by atoms with E-state index in [1.54, 1.807) is 28.7 Å². The van der Waals surface area contributed by atoms with E-state index in [-0.39, 0.29) is 20.7 Å². The lowest BCUT2D eigenvalue weighted by Crippen LogP contribution is -2.00. The van der Waals surface area contributed by atoms with Gasteiger partial charge in [-0.15, -0.1) is 0 Å². The Labute approximate surface area is 92.8 Å². The lowest BCUT2D eigenvalue weighted by Gasteiger charge is -2.08. The minimum Gasteiger partial charge on any atom is -0.481 e. The smallest absolute Gasteiger partial charge is 0.270 e. The minimum absolute atomic E-state index is 0.0654. The number of nitriles is 1. The van der Waals surface area contributed by atoms with Crippen molar-refractivity contribution >= 4 is 22.6 Å². The molecule has 1 rings (SSSR count). The van der Waals surface area contributed by atoms with E-state index >= 15 is 0 Å². The fraction of sp³-hybridized carbons (Fsp3) is 0.250. The van der Waals surface area contributed by atoms with Crippen LogP contribution in [0.1, 0.15) is 17.7 Å². The predicted octanol–water partition coefficient (Wildman–Crippen LogP) is 2.50. The summed E-state index contributed by atoms with van der Waals surface area (Å²) in [6.45, 7) is 0. The predicted molar refractivity (Wildman–Crippen MR) is 53.2 cm³/mol. The highest BCUT2D eigenvalue weighted by atomic mass is 127. The van der Waals surface area contributed by atoms with E-state index in [2.05, 4.69) is 9.72 Å². The van der Waals surface area contributed by atoms with Crippen LogP contribution < -0.4 is 4.74 Å². The van der Waals surface area contributed by atoms with E-state index in [0.717, 1.165) is 0 Å². The van der Waals surface area contributed by atoms with Gasteiger partial charge in [-0.3, -0.25) is 0 Å². The number of pyridine rings is 1. The van der Waals surface area contributed by atoms with Crippen molar-refractivity contribution < 1.29 is 13.5 Å². The average Bonchev–Trinajstić information content (AvgIpc) is 2.15. The summed E-state index contributed by atoms with van der Waals surface area (Å²) in [6, 6.07) is 3.06. The zero-order chi connectivity index (χ0) is 10.7. The molecule has 0 radical (unpaired) electrons. The number of aromatic nitrogens is 1. The monoisotopic (exact) mass is 310 g/mol. The van der Waals surface area contributed by atoms with Gasteiger partial charge in [0.25, 0.3) is 6.43 Å². The van der Waals surface area contributed by atoms with Gasteiger partial charge in [0, 0.05) is 3.57 Å². The Morgan fingerprint density at radius 3 is 2.71 bits per heavy atom. The summed E-state index contributed by atoms with van der Waals surface area (Å²) in [5.74, 6) is -0.191. The highest BCUT2D eigenvalue weighted by Crippen LogP contribution is 2.31. The third kappa shape index (κ3) is 2.09. The van der Waals surface area contributed by atoms with Gasteiger partial charge in [0.05, 0.1) is 12.7 Å². The number of halogens is 3. The first-order valence-corrected chi connectivity index (χ1v) is 4.60. The molecule has 1 aromatic rings. The van der Waals surface area contributed by atoms with Gasteiger partial charge in [0.1, 0.15) is 11.8 Å². The molecule has 0 spiro atoms.